The van der Waals surface area contributed by atoms with Gasteiger partial charge >= 0.3 is 0 Å². The molecule has 0 radical (unpaired) electrons. The summed E-state index contributed by atoms with van der Waals surface area (Å²) in [7, 11) is 0. The van der Waals surface area contributed by atoms with Gasteiger partial charge in [-0.05, 0) is 43.7 Å². The maximum Gasteiger partial charge on any atom is -0.00615 e. The second-order valence-electron chi connectivity index (χ2n) is 7.46. The highest BCUT2D eigenvalue weighted by Crippen LogP contribution is 2.44. The summed E-state index contributed by atoms with van der Waals surface area (Å²) in [5.41, 5.74) is 4.17. The van der Waals surface area contributed by atoms with E-state index in [9.17, 15) is 0 Å². The predicted octanol–water partition coefficient (Wildman–Crippen LogP) is 6.96. The molecule has 4 aromatic carbocycles. The molecule has 0 spiro atoms. The molecule has 0 atom stereocenters. The molecule has 0 saturated heterocycles. The van der Waals surface area contributed by atoms with Gasteiger partial charge in [-0.1, -0.05) is 99.6 Å². The Morgan fingerprint density at radius 3 is 1.54 bits per heavy atom. The first kappa shape index (κ1) is 15.0. The molecule has 0 heteroatoms. The fourth-order valence-corrected chi connectivity index (χ4v) is 3.82. The highest BCUT2D eigenvalue weighted by molar-refractivity contribution is 6.16. The average molecular weight is 310 g/mol. The smallest absolute Gasteiger partial charge is 0.00615 e. The van der Waals surface area contributed by atoms with Crippen LogP contribution in [0.4, 0.5) is 0 Å². The molecule has 4 rings (SSSR count). The van der Waals surface area contributed by atoms with E-state index >= 15 is 0 Å². The van der Waals surface area contributed by atoms with E-state index in [1.165, 1.54) is 38.2 Å². The van der Waals surface area contributed by atoms with Crippen LogP contribution in [0.2, 0.25) is 0 Å². The minimum absolute atomic E-state index is 0.0643. The van der Waals surface area contributed by atoms with Gasteiger partial charge in [0.05, 0.1) is 0 Å². The van der Waals surface area contributed by atoms with Gasteiger partial charge in [0.15, 0.2) is 0 Å². The van der Waals surface area contributed by atoms with Crippen molar-refractivity contribution in [3.63, 3.8) is 0 Å². The van der Waals surface area contributed by atoms with Crippen LogP contribution in [0.3, 0.4) is 0 Å². The van der Waals surface area contributed by atoms with Crippen molar-refractivity contribution in [1.82, 2.24) is 0 Å². The Morgan fingerprint density at radius 2 is 0.958 bits per heavy atom. The van der Waals surface area contributed by atoms with E-state index in [0.717, 1.165) is 0 Å². The standard InChI is InChI=1S/C24H22/c1-24(2,3)23-21-16-10-8-14-19(21)18-13-7-9-15-20(18)22(23)17-11-5-4-6-12-17/h4-16H,1-3H3. The van der Waals surface area contributed by atoms with Crippen LogP contribution in [0, 0.1) is 0 Å². The van der Waals surface area contributed by atoms with Crippen LogP contribution >= 0.6 is 0 Å². The zero-order valence-corrected chi connectivity index (χ0v) is 14.5. The predicted molar refractivity (Wildman–Crippen MR) is 106 cm³/mol. The quantitative estimate of drug-likeness (QED) is 0.333. The Bertz CT molecular complexity index is 1020. The van der Waals surface area contributed by atoms with E-state index in [1.54, 1.807) is 0 Å². The molecule has 0 bridgehead atoms. The lowest BCUT2D eigenvalue weighted by Gasteiger charge is -2.27. The Kier molecular flexibility index (Phi) is 3.42. The molecule has 0 fully saturated rings. The highest BCUT2D eigenvalue weighted by atomic mass is 14.3. The summed E-state index contributed by atoms with van der Waals surface area (Å²) in [4.78, 5) is 0. The normalized spacial score (nSPS) is 12.0. The molecule has 4 aromatic rings. The first-order chi connectivity index (χ1) is 11.6. The van der Waals surface area contributed by atoms with Crippen molar-refractivity contribution in [2.75, 3.05) is 0 Å². The maximum absolute atomic E-state index is 2.32. The van der Waals surface area contributed by atoms with Gasteiger partial charge in [0.25, 0.3) is 0 Å². The molecule has 0 aliphatic rings. The monoisotopic (exact) mass is 310 g/mol. The van der Waals surface area contributed by atoms with Crippen molar-refractivity contribution in [3.05, 3.63) is 84.4 Å². The van der Waals surface area contributed by atoms with Crippen LogP contribution in [-0.4, -0.2) is 0 Å². The highest BCUT2D eigenvalue weighted by Gasteiger charge is 2.24. The van der Waals surface area contributed by atoms with Gasteiger partial charge in [-0.3, -0.25) is 0 Å². The van der Waals surface area contributed by atoms with Crippen molar-refractivity contribution >= 4 is 21.5 Å². The first-order valence-corrected chi connectivity index (χ1v) is 8.57. The van der Waals surface area contributed by atoms with Gasteiger partial charge in [-0.2, -0.15) is 0 Å². The maximum atomic E-state index is 2.32. The minimum atomic E-state index is 0.0643. The van der Waals surface area contributed by atoms with Crippen molar-refractivity contribution in [1.29, 1.82) is 0 Å². The average Bonchev–Trinajstić information content (AvgIpc) is 2.60. The Balaban J connectivity index is 2.31. The molecule has 0 nitrogen and oxygen atoms in total. The van der Waals surface area contributed by atoms with Crippen LogP contribution < -0.4 is 0 Å². The molecule has 0 aliphatic carbocycles. The molecule has 0 unspecified atom stereocenters. The van der Waals surface area contributed by atoms with Gasteiger partial charge in [-0.15, -0.1) is 0 Å². The number of fused-ring (bicyclic) bond motifs is 3. The summed E-state index contributed by atoms with van der Waals surface area (Å²) in [5.74, 6) is 0. The van der Waals surface area contributed by atoms with Crippen LogP contribution in [0.1, 0.15) is 26.3 Å². The lowest BCUT2D eigenvalue weighted by atomic mass is 9.76. The molecule has 118 valence electrons. The third kappa shape index (κ3) is 2.30. The fraction of sp³-hybridized carbons (Fsp3) is 0.167. The molecule has 0 aromatic heterocycles. The summed E-state index contributed by atoms with van der Waals surface area (Å²) >= 11 is 0. The third-order valence-corrected chi connectivity index (χ3v) is 4.75. The van der Waals surface area contributed by atoms with Crippen LogP contribution in [0.15, 0.2) is 78.9 Å². The first-order valence-electron chi connectivity index (χ1n) is 8.57. The molecule has 0 heterocycles. The van der Waals surface area contributed by atoms with Crippen molar-refractivity contribution in [2.45, 2.75) is 26.2 Å². The van der Waals surface area contributed by atoms with Crippen LogP contribution in [0.25, 0.3) is 32.7 Å². The van der Waals surface area contributed by atoms with Gasteiger partial charge in [0.1, 0.15) is 0 Å². The van der Waals surface area contributed by atoms with Crippen molar-refractivity contribution < 1.29 is 0 Å². The zero-order chi connectivity index (χ0) is 16.7. The number of rotatable bonds is 1. The molecule has 0 saturated carbocycles. The number of hydrogen-bond donors (Lipinski definition) is 0. The van der Waals surface area contributed by atoms with E-state index in [1.807, 2.05) is 0 Å². The van der Waals surface area contributed by atoms with Gasteiger partial charge in [0.2, 0.25) is 0 Å². The largest absolute Gasteiger partial charge is 0.0622 e. The number of benzene rings is 4. The Labute approximate surface area is 143 Å². The van der Waals surface area contributed by atoms with E-state index < -0.39 is 0 Å². The molecular formula is C24H22. The molecule has 0 aliphatic heterocycles. The summed E-state index contributed by atoms with van der Waals surface area (Å²) in [5, 5.41) is 5.38. The van der Waals surface area contributed by atoms with E-state index in [2.05, 4.69) is 99.6 Å². The van der Waals surface area contributed by atoms with Crippen molar-refractivity contribution in [2.24, 2.45) is 0 Å². The van der Waals surface area contributed by atoms with E-state index in [4.69, 9.17) is 0 Å². The van der Waals surface area contributed by atoms with E-state index in [0.29, 0.717) is 0 Å². The zero-order valence-electron chi connectivity index (χ0n) is 14.5. The molecule has 0 amide bonds. The van der Waals surface area contributed by atoms with Gasteiger partial charge in [0, 0.05) is 0 Å². The lowest BCUT2D eigenvalue weighted by molar-refractivity contribution is 0.598. The minimum Gasteiger partial charge on any atom is -0.0622 e. The SMILES string of the molecule is CC(C)(C)c1c(-c2ccccc2)c2ccccc2c2ccccc12. The number of hydrogen-bond acceptors (Lipinski definition) is 0. The van der Waals surface area contributed by atoms with Gasteiger partial charge in [-0.25, -0.2) is 0 Å². The van der Waals surface area contributed by atoms with E-state index in [-0.39, 0.29) is 5.41 Å². The summed E-state index contributed by atoms with van der Waals surface area (Å²) in [6.45, 7) is 6.95. The Hall–Kier alpha value is -2.60. The summed E-state index contributed by atoms with van der Waals surface area (Å²) in [6, 6.07) is 28.4. The van der Waals surface area contributed by atoms with Crippen LogP contribution in [0.5, 0.6) is 0 Å². The fourth-order valence-electron chi connectivity index (χ4n) is 3.82. The van der Waals surface area contributed by atoms with Gasteiger partial charge < -0.3 is 0 Å². The molecule has 24 heavy (non-hydrogen) atoms. The molecular weight excluding hydrogens is 288 g/mol. The Morgan fingerprint density at radius 1 is 0.500 bits per heavy atom. The van der Waals surface area contributed by atoms with Crippen molar-refractivity contribution in [3.8, 4) is 11.1 Å². The second kappa shape index (κ2) is 5.49. The lowest BCUT2D eigenvalue weighted by Crippen LogP contribution is -2.14. The third-order valence-electron chi connectivity index (χ3n) is 4.75. The summed E-state index contributed by atoms with van der Waals surface area (Å²) in [6.07, 6.45) is 0. The molecule has 0 N–H and O–H groups in total. The van der Waals surface area contributed by atoms with Crippen LogP contribution in [-0.2, 0) is 5.41 Å². The topological polar surface area (TPSA) is 0 Å². The summed E-state index contributed by atoms with van der Waals surface area (Å²) < 4.78 is 0. The second-order valence-corrected chi connectivity index (χ2v) is 7.46.